The number of hydrogen-bond donors (Lipinski definition) is 2. The van der Waals surface area contributed by atoms with Crippen molar-refractivity contribution in [3.05, 3.63) is 73.1 Å². The number of benzene rings is 2. The third-order valence-corrected chi connectivity index (χ3v) is 5.22. The number of halogens is 2. The molecule has 0 radical (unpaired) electrons. The predicted octanol–water partition coefficient (Wildman–Crippen LogP) is -2.39. The van der Waals surface area contributed by atoms with Crippen LogP contribution < -0.4 is 68.6 Å². The lowest BCUT2D eigenvalue weighted by molar-refractivity contribution is -0.675. The Bertz CT molecular complexity index is 1010. The maximum absolute atomic E-state index is 6.10. The molecule has 152 valence electrons. The molecule has 2 aromatic heterocycles. The SMILES string of the molecule is Nc1cc[n+](CCCCC[n+]2ccc(N)c3ccccc32)c2ccccc12.[I-].[I-]. The average molecular weight is 612 g/mol. The Labute approximate surface area is 206 Å². The number of unbranched alkanes of at least 4 members (excludes halogenated alkanes) is 2. The fourth-order valence-electron chi connectivity index (χ4n) is 3.75. The molecule has 4 rings (SSSR count). The molecule has 0 atom stereocenters. The summed E-state index contributed by atoms with van der Waals surface area (Å²) in [5.74, 6) is 0. The molecule has 0 unspecified atom stereocenters. The topological polar surface area (TPSA) is 59.8 Å². The number of rotatable bonds is 6. The molecule has 2 heterocycles. The first kappa shape index (κ1) is 23.6. The van der Waals surface area contributed by atoms with Gasteiger partial charge < -0.3 is 59.4 Å². The fraction of sp³-hybridized carbons (Fsp3) is 0.217. The Hall–Kier alpha value is -1.68. The van der Waals surface area contributed by atoms with Gasteiger partial charge in [0, 0.05) is 37.1 Å². The molecule has 0 aliphatic carbocycles. The molecule has 6 heteroatoms. The Balaban J connectivity index is 0.00000150. The number of nitrogens with two attached hydrogens (primary N) is 2. The van der Waals surface area contributed by atoms with Crippen molar-refractivity contribution in [3.8, 4) is 0 Å². The van der Waals surface area contributed by atoms with Crippen molar-refractivity contribution in [2.24, 2.45) is 0 Å². The second-order valence-electron chi connectivity index (χ2n) is 7.02. The lowest BCUT2D eigenvalue weighted by Gasteiger charge is -2.05. The number of aromatic nitrogens is 2. The van der Waals surface area contributed by atoms with Gasteiger partial charge in [0.25, 0.3) is 0 Å². The van der Waals surface area contributed by atoms with Crippen molar-refractivity contribution in [2.75, 3.05) is 11.5 Å². The minimum atomic E-state index is 0. The minimum Gasteiger partial charge on any atom is -1.00 e. The lowest BCUT2D eigenvalue weighted by atomic mass is 10.1. The average Bonchev–Trinajstić information content (AvgIpc) is 2.71. The summed E-state index contributed by atoms with van der Waals surface area (Å²) in [5, 5.41) is 2.26. The van der Waals surface area contributed by atoms with E-state index < -0.39 is 0 Å². The molecule has 0 spiro atoms. The van der Waals surface area contributed by atoms with Gasteiger partial charge in [-0.15, -0.1) is 0 Å². The Morgan fingerprint density at radius 2 is 0.966 bits per heavy atom. The van der Waals surface area contributed by atoms with E-state index in [0.29, 0.717) is 0 Å². The quantitative estimate of drug-likeness (QED) is 0.145. The maximum Gasteiger partial charge on any atom is 0.214 e. The van der Waals surface area contributed by atoms with Crippen molar-refractivity contribution >= 4 is 33.2 Å². The van der Waals surface area contributed by atoms with Gasteiger partial charge in [-0.1, -0.05) is 24.3 Å². The molecular weight excluding hydrogens is 586 g/mol. The first-order chi connectivity index (χ1) is 13.2. The third-order valence-electron chi connectivity index (χ3n) is 5.22. The normalized spacial score (nSPS) is 10.5. The van der Waals surface area contributed by atoms with Gasteiger partial charge in [-0.05, 0) is 18.6 Å². The van der Waals surface area contributed by atoms with E-state index >= 15 is 0 Å². The monoisotopic (exact) mass is 612 g/mol. The van der Waals surface area contributed by atoms with Gasteiger partial charge in [0.2, 0.25) is 11.0 Å². The molecule has 0 bridgehead atoms. The summed E-state index contributed by atoms with van der Waals surface area (Å²) < 4.78 is 4.61. The summed E-state index contributed by atoms with van der Waals surface area (Å²) in [6.45, 7) is 2.02. The molecular formula is C23H26I2N4. The van der Waals surface area contributed by atoms with Gasteiger partial charge >= 0.3 is 0 Å². The number of pyridine rings is 2. The van der Waals surface area contributed by atoms with Gasteiger partial charge in [0.1, 0.15) is 13.1 Å². The second-order valence-corrected chi connectivity index (χ2v) is 7.02. The smallest absolute Gasteiger partial charge is 0.214 e. The number of para-hydroxylation sites is 2. The summed E-state index contributed by atoms with van der Waals surface area (Å²) in [6, 6.07) is 20.7. The number of hydrogen-bond acceptors (Lipinski definition) is 2. The molecule has 0 amide bonds. The minimum absolute atomic E-state index is 0. The van der Waals surface area contributed by atoms with E-state index in [9.17, 15) is 0 Å². The zero-order chi connectivity index (χ0) is 18.6. The largest absolute Gasteiger partial charge is 1.00 e. The molecule has 2 aromatic carbocycles. The third kappa shape index (κ3) is 5.28. The van der Waals surface area contributed by atoms with Crippen LogP contribution in [0.3, 0.4) is 0 Å². The van der Waals surface area contributed by atoms with Crippen LogP contribution in [-0.2, 0) is 13.1 Å². The Kier molecular flexibility index (Phi) is 8.88. The summed E-state index contributed by atoms with van der Waals surface area (Å²) in [7, 11) is 0. The highest BCUT2D eigenvalue weighted by atomic mass is 127. The number of nitrogen functional groups attached to an aromatic ring is 2. The van der Waals surface area contributed by atoms with Crippen LogP contribution >= 0.6 is 0 Å². The molecule has 29 heavy (non-hydrogen) atoms. The fourth-order valence-corrected chi connectivity index (χ4v) is 3.75. The van der Waals surface area contributed by atoms with Gasteiger partial charge in [0.05, 0.1) is 22.1 Å². The van der Waals surface area contributed by atoms with Crippen molar-refractivity contribution in [3.63, 3.8) is 0 Å². The van der Waals surface area contributed by atoms with E-state index in [2.05, 4.69) is 57.9 Å². The molecule has 4 N–H and O–H groups in total. The number of fused-ring (bicyclic) bond motifs is 2. The van der Waals surface area contributed by atoms with Crippen molar-refractivity contribution in [1.29, 1.82) is 0 Å². The first-order valence-corrected chi connectivity index (χ1v) is 9.57. The standard InChI is InChI=1S/C23H24N4.2HI/c24-20-12-16-26(22-10-4-2-8-18(20)22)14-6-1-7-15-27-17-13-21(25)19-9-3-5-11-23(19)27;;/h2-5,8-13,16-17,24-25H,1,6-7,14-15H2;2*1H. The Morgan fingerprint density at radius 3 is 1.41 bits per heavy atom. The molecule has 4 nitrogen and oxygen atoms in total. The number of anilines is 2. The van der Waals surface area contributed by atoms with Crippen molar-refractivity contribution < 1.29 is 57.1 Å². The molecule has 0 saturated heterocycles. The van der Waals surface area contributed by atoms with Gasteiger partial charge in [-0.25, -0.2) is 0 Å². The van der Waals surface area contributed by atoms with E-state index in [1.165, 1.54) is 17.5 Å². The first-order valence-electron chi connectivity index (χ1n) is 9.57. The van der Waals surface area contributed by atoms with Crippen LogP contribution in [0.2, 0.25) is 0 Å². The van der Waals surface area contributed by atoms with Gasteiger partial charge in [-0.3, -0.25) is 0 Å². The van der Waals surface area contributed by atoms with Gasteiger partial charge in [0.15, 0.2) is 12.4 Å². The highest BCUT2D eigenvalue weighted by Gasteiger charge is 2.12. The van der Waals surface area contributed by atoms with Crippen LogP contribution in [0.1, 0.15) is 19.3 Å². The molecule has 0 fully saturated rings. The van der Waals surface area contributed by atoms with E-state index in [0.717, 1.165) is 48.1 Å². The second kappa shape index (κ2) is 10.9. The zero-order valence-corrected chi connectivity index (χ0v) is 20.6. The summed E-state index contributed by atoms with van der Waals surface area (Å²) in [6.07, 6.45) is 7.66. The number of aryl methyl sites for hydroxylation is 2. The molecule has 0 saturated carbocycles. The summed E-state index contributed by atoms with van der Waals surface area (Å²) in [4.78, 5) is 0. The number of nitrogens with zero attached hydrogens (tertiary/aromatic N) is 2. The van der Waals surface area contributed by atoms with E-state index in [1.54, 1.807) is 0 Å². The highest BCUT2D eigenvalue weighted by Crippen LogP contribution is 2.18. The molecule has 0 aliphatic heterocycles. The van der Waals surface area contributed by atoms with Crippen LogP contribution in [0.5, 0.6) is 0 Å². The van der Waals surface area contributed by atoms with Crippen LogP contribution in [0.4, 0.5) is 11.4 Å². The van der Waals surface area contributed by atoms with E-state index in [-0.39, 0.29) is 48.0 Å². The Morgan fingerprint density at radius 1 is 0.552 bits per heavy atom. The van der Waals surface area contributed by atoms with E-state index in [1.807, 2.05) is 24.3 Å². The van der Waals surface area contributed by atoms with E-state index in [4.69, 9.17) is 11.5 Å². The molecule has 4 aromatic rings. The summed E-state index contributed by atoms with van der Waals surface area (Å²) >= 11 is 0. The summed E-state index contributed by atoms with van der Waals surface area (Å²) in [5.41, 5.74) is 16.3. The van der Waals surface area contributed by atoms with Crippen LogP contribution in [-0.4, -0.2) is 0 Å². The maximum atomic E-state index is 6.10. The van der Waals surface area contributed by atoms with Crippen LogP contribution in [0.15, 0.2) is 73.1 Å². The van der Waals surface area contributed by atoms with Gasteiger partial charge in [-0.2, -0.15) is 9.13 Å². The predicted molar refractivity (Wildman–Crippen MR) is 111 cm³/mol. The van der Waals surface area contributed by atoms with Crippen molar-refractivity contribution in [2.45, 2.75) is 32.4 Å². The zero-order valence-electron chi connectivity index (χ0n) is 16.3. The van der Waals surface area contributed by atoms with Crippen LogP contribution in [0, 0.1) is 0 Å². The lowest BCUT2D eigenvalue weighted by Crippen LogP contribution is -3.00. The van der Waals surface area contributed by atoms with Crippen molar-refractivity contribution in [1.82, 2.24) is 0 Å². The highest BCUT2D eigenvalue weighted by molar-refractivity contribution is 5.88. The van der Waals surface area contributed by atoms with Crippen LogP contribution in [0.25, 0.3) is 21.8 Å². The molecule has 0 aliphatic rings.